The van der Waals surface area contributed by atoms with Crippen molar-refractivity contribution in [2.45, 2.75) is 32.2 Å². The zero-order chi connectivity index (χ0) is 13.0. The van der Waals surface area contributed by atoms with Gasteiger partial charge in [0, 0.05) is 12.6 Å². The molecule has 18 heavy (non-hydrogen) atoms. The number of carbonyl (C=O) groups is 1. The Labute approximate surface area is 107 Å². The average molecular weight is 248 g/mol. The highest BCUT2D eigenvalue weighted by Crippen LogP contribution is 2.18. The molecule has 1 aliphatic heterocycles. The molecule has 1 heterocycles. The molecule has 0 aromatic heterocycles. The maximum atomic E-state index is 12.0. The third kappa shape index (κ3) is 3.23. The Morgan fingerprint density at radius 2 is 2.33 bits per heavy atom. The minimum Gasteiger partial charge on any atom is -0.507 e. The van der Waals surface area contributed by atoms with E-state index in [1.54, 1.807) is 18.2 Å². The first-order chi connectivity index (χ1) is 8.66. The second kappa shape index (κ2) is 5.87. The fourth-order valence-electron chi connectivity index (χ4n) is 2.24. The summed E-state index contributed by atoms with van der Waals surface area (Å²) in [5, 5.41) is 15.9. The summed E-state index contributed by atoms with van der Waals surface area (Å²) in [6.45, 7) is 3.54. The second-order valence-corrected chi connectivity index (χ2v) is 4.88. The predicted molar refractivity (Wildman–Crippen MR) is 70.8 cm³/mol. The molecule has 1 amide bonds. The van der Waals surface area contributed by atoms with Gasteiger partial charge in [-0.25, -0.2) is 0 Å². The molecule has 0 saturated carbocycles. The lowest BCUT2D eigenvalue weighted by atomic mass is 10.0. The Hall–Kier alpha value is -1.55. The number of rotatable bonds is 3. The number of nitrogens with one attached hydrogen (secondary N) is 2. The van der Waals surface area contributed by atoms with Crippen LogP contribution in [0.25, 0.3) is 0 Å². The molecule has 1 aromatic rings. The number of aromatic hydroxyl groups is 1. The zero-order valence-electron chi connectivity index (χ0n) is 10.7. The van der Waals surface area contributed by atoms with Crippen LogP contribution in [0.1, 0.15) is 35.2 Å². The summed E-state index contributed by atoms with van der Waals surface area (Å²) in [6, 6.07) is 5.41. The standard InChI is InChI=1S/C14H20N2O2/c1-10-5-6-13(17)12(8-10)14(18)16-9-11-4-2-3-7-15-11/h5-6,8,11,15,17H,2-4,7,9H2,1H3,(H,16,18). The Kier molecular flexibility index (Phi) is 4.20. The van der Waals surface area contributed by atoms with E-state index in [0.717, 1.165) is 18.5 Å². The number of aryl methyl sites for hydroxylation is 1. The van der Waals surface area contributed by atoms with Gasteiger partial charge in [-0.15, -0.1) is 0 Å². The van der Waals surface area contributed by atoms with Crippen molar-refractivity contribution in [1.82, 2.24) is 10.6 Å². The monoisotopic (exact) mass is 248 g/mol. The van der Waals surface area contributed by atoms with Crippen LogP contribution in [-0.4, -0.2) is 30.1 Å². The number of carbonyl (C=O) groups excluding carboxylic acids is 1. The lowest BCUT2D eigenvalue weighted by Crippen LogP contribution is -2.43. The molecular weight excluding hydrogens is 228 g/mol. The summed E-state index contributed by atoms with van der Waals surface area (Å²) in [5.41, 5.74) is 1.32. The minimum absolute atomic E-state index is 0.0368. The Bertz CT molecular complexity index is 426. The summed E-state index contributed by atoms with van der Waals surface area (Å²) in [6.07, 6.45) is 3.52. The number of hydrogen-bond acceptors (Lipinski definition) is 3. The van der Waals surface area contributed by atoms with Gasteiger partial charge in [-0.1, -0.05) is 18.1 Å². The van der Waals surface area contributed by atoms with Crippen molar-refractivity contribution in [2.75, 3.05) is 13.1 Å². The van der Waals surface area contributed by atoms with Crippen LogP contribution in [0.2, 0.25) is 0 Å². The summed E-state index contributed by atoms with van der Waals surface area (Å²) < 4.78 is 0. The zero-order valence-corrected chi connectivity index (χ0v) is 10.7. The van der Waals surface area contributed by atoms with Crippen molar-refractivity contribution in [3.63, 3.8) is 0 Å². The molecule has 1 aromatic carbocycles. The predicted octanol–water partition coefficient (Wildman–Crippen LogP) is 1.57. The SMILES string of the molecule is Cc1ccc(O)c(C(=O)NCC2CCCCN2)c1. The van der Waals surface area contributed by atoms with Gasteiger partial charge in [-0.3, -0.25) is 4.79 Å². The summed E-state index contributed by atoms with van der Waals surface area (Å²) in [7, 11) is 0. The van der Waals surface area contributed by atoms with E-state index in [9.17, 15) is 9.90 Å². The maximum absolute atomic E-state index is 12.0. The van der Waals surface area contributed by atoms with Crippen LogP contribution in [0.3, 0.4) is 0 Å². The van der Waals surface area contributed by atoms with Gasteiger partial charge in [0.2, 0.25) is 0 Å². The number of phenols is 1. The summed E-state index contributed by atoms with van der Waals surface area (Å²) >= 11 is 0. The normalized spacial score (nSPS) is 19.5. The van der Waals surface area contributed by atoms with Gasteiger partial charge in [0.05, 0.1) is 5.56 Å². The molecule has 1 saturated heterocycles. The molecule has 3 N–H and O–H groups in total. The molecule has 1 atom stereocenters. The first kappa shape index (κ1) is 12.9. The quantitative estimate of drug-likeness (QED) is 0.761. The third-order valence-electron chi connectivity index (χ3n) is 3.32. The first-order valence-corrected chi connectivity index (χ1v) is 6.48. The van der Waals surface area contributed by atoms with E-state index in [1.807, 2.05) is 6.92 Å². The molecule has 98 valence electrons. The van der Waals surface area contributed by atoms with Crippen LogP contribution in [0.5, 0.6) is 5.75 Å². The fraction of sp³-hybridized carbons (Fsp3) is 0.500. The highest BCUT2D eigenvalue weighted by molar-refractivity contribution is 5.97. The van der Waals surface area contributed by atoms with Crippen molar-refractivity contribution < 1.29 is 9.90 Å². The second-order valence-electron chi connectivity index (χ2n) is 4.88. The average Bonchev–Trinajstić information content (AvgIpc) is 2.40. The molecule has 0 aliphatic carbocycles. The van der Waals surface area contributed by atoms with E-state index in [-0.39, 0.29) is 11.7 Å². The Morgan fingerprint density at radius 1 is 1.50 bits per heavy atom. The third-order valence-corrected chi connectivity index (χ3v) is 3.32. The van der Waals surface area contributed by atoms with Crippen molar-refractivity contribution in [1.29, 1.82) is 0 Å². The molecule has 1 unspecified atom stereocenters. The van der Waals surface area contributed by atoms with Gasteiger partial charge in [-0.2, -0.15) is 0 Å². The molecule has 4 heteroatoms. The van der Waals surface area contributed by atoms with Crippen LogP contribution in [0.15, 0.2) is 18.2 Å². The summed E-state index contributed by atoms with van der Waals surface area (Å²) in [5.74, 6) is -0.168. The van der Waals surface area contributed by atoms with Gasteiger partial charge in [-0.05, 0) is 38.4 Å². The first-order valence-electron chi connectivity index (χ1n) is 6.48. The molecule has 2 rings (SSSR count). The molecule has 0 radical (unpaired) electrons. The van der Waals surface area contributed by atoms with Crippen molar-refractivity contribution in [3.8, 4) is 5.75 Å². The molecular formula is C14H20N2O2. The van der Waals surface area contributed by atoms with E-state index in [2.05, 4.69) is 10.6 Å². The van der Waals surface area contributed by atoms with Gasteiger partial charge >= 0.3 is 0 Å². The van der Waals surface area contributed by atoms with Crippen LogP contribution in [0, 0.1) is 6.92 Å². The van der Waals surface area contributed by atoms with Gasteiger partial charge in [0.15, 0.2) is 0 Å². The van der Waals surface area contributed by atoms with Crippen molar-refractivity contribution >= 4 is 5.91 Å². The van der Waals surface area contributed by atoms with Crippen LogP contribution in [-0.2, 0) is 0 Å². The number of amides is 1. The van der Waals surface area contributed by atoms with Crippen LogP contribution < -0.4 is 10.6 Å². The number of benzene rings is 1. The number of hydrogen-bond donors (Lipinski definition) is 3. The van der Waals surface area contributed by atoms with E-state index in [0.29, 0.717) is 18.2 Å². The smallest absolute Gasteiger partial charge is 0.255 e. The van der Waals surface area contributed by atoms with Crippen molar-refractivity contribution in [3.05, 3.63) is 29.3 Å². The fourth-order valence-corrected chi connectivity index (χ4v) is 2.24. The number of phenolic OH excluding ortho intramolecular Hbond substituents is 1. The molecule has 0 spiro atoms. The van der Waals surface area contributed by atoms with E-state index >= 15 is 0 Å². The van der Waals surface area contributed by atoms with Crippen LogP contribution >= 0.6 is 0 Å². The molecule has 1 fully saturated rings. The Balaban J connectivity index is 1.92. The maximum Gasteiger partial charge on any atom is 0.255 e. The molecule has 4 nitrogen and oxygen atoms in total. The van der Waals surface area contributed by atoms with E-state index in [4.69, 9.17) is 0 Å². The molecule has 0 bridgehead atoms. The number of piperidine rings is 1. The lowest BCUT2D eigenvalue weighted by Gasteiger charge is -2.23. The molecule has 1 aliphatic rings. The van der Waals surface area contributed by atoms with Crippen LogP contribution in [0.4, 0.5) is 0 Å². The van der Waals surface area contributed by atoms with E-state index < -0.39 is 0 Å². The summed E-state index contributed by atoms with van der Waals surface area (Å²) in [4.78, 5) is 12.0. The largest absolute Gasteiger partial charge is 0.507 e. The lowest BCUT2D eigenvalue weighted by molar-refractivity contribution is 0.0945. The van der Waals surface area contributed by atoms with E-state index in [1.165, 1.54) is 12.8 Å². The minimum atomic E-state index is -0.205. The van der Waals surface area contributed by atoms with Gasteiger partial charge in [0.25, 0.3) is 5.91 Å². The van der Waals surface area contributed by atoms with Gasteiger partial charge < -0.3 is 15.7 Å². The van der Waals surface area contributed by atoms with Crippen molar-refractivity contribution in [2.24, 2.45) is 0 Å². The highest BCUT2D eigenvalue weighted by Gasteiger charge is 2.15. The van der Waals surface area contributed by atoms with Gasteiger partial charge in [0.1, 0.15) is 5.75 Å². The highest BCUT2D eigenvalue weighted by atomic mass is 16.3. The topological polar surface area (TPSA) is 61.4 Å². The Morgan fingerprint density at radius 3 is 3.06 bits per heavy atom.